The van der Waals surface area contributed by atoms with Gasteiger partial charge in [-0.05, 0) is 37.6 Å². The van der Waals surface area contributed by atoms with Crippen molar-refractivity contribution in [2.45, 2.75) is 20.4 Å². The number of para-hydroxylation sites is 1. The summed E-state index contributed by atoms with van der Waals surface area (Å²) >= 11 is 0. The van der Waals surface area contributed by atoms with Gasteiger partial charge in [-0.1, -0.05) is 12.1 Å². The lowest BCUT2D eigenvalue weighted by atomic mass is 10.1. The van der Waals surface area contributed by atoms with Crippen LogP contribution in [-0.2, 0) is 6.54 Å². The van der Waals surface area contributed by atoms with Crippen molar-refractivity contribution in [2.75, 3.05) is 0 Å². The number of aromatic amines is 1. The second kappa shape index (κ2) is 4.89. The highest BCUT2D eigenvalue weighted by Crippen LogP contribution is 2.24. The maximum absolute atomic E-state index is 12.3. The normalized spacial score (nSPS) is 10.9. The Hall–Kier alpha value is -2.49. The molecule has 0 saturated carbocycles. The van der Waals surface area contributed by atoms with Crippen LogP contribution in [0.3, 0.4) is 0 Å². The Morgan fingerprint density at radius 2 is 2.10 bits per heavy atom. The first-order chi connectivity index (χ1) is 9.66. The first-order valence-electron chi connectivity index (χ1n) is 6.55. The molecule has 2 N–H and O–H groups in total. The highest BCUT2D eigenvalue weighted by molar-refractivity contribution is 6.06. The molecule has 4 nitrogen and oxygen atoms in total. The molecule has 1 amide bonds. The fourth-order valence-electron chi connectivity index (χ4n) is 2.35. The van der Waals surface area contributed by atoms with Crippen LogP contribution in [0.25, 0.3) is 10.9 Å². The van der Waals surface area contributed by atoms with Gasteiger partial charge >= 0.3 is 0 Å². The monoisotopic (exact) mass is 268 g/mol. The average Bonchev–Trinajstić information content (AvgIpc) is 3.06. The fourth-order valence-corrected chi connectivity index (χ4v) is 2.35. The van der Waals surface area contributed by atoms with Gasteiger partial charge in [0.1, 0.15) is 5.76 Å². The van der Waals surface area contributed by atoms with Crippen LogP contribution in [0.2, 0.25) is 0 Å². The minimum atomic E-state index is -0.103. The van der Waals surface area contributed by atoms with Gasteiger partial charge in [-0.3, -0.25) is 4.79 Å². The quantitative estimate of drug-likeness (QED) is 0.765. The van der Waals surface area contributed by atoms with E-state index in [0.717, 1.165) is 22.4 Å². The summed E-state index contributed by atoms with van der Waals surface area (Å²) in [5.41, 5.74) is 3.82. The van der Waals surface area contributed by atoms with Gasteiger partial charge in [0.2, 0.25) is 0 Å². The molecule has 0 aliphatic heterocycles. The maximum atomic E-state index is 12.3. The molecule has 0 aliphatic carbocycles. The van der Waals surface area contributed by atoms with Crippen molar-refractivity contribution < 1.29 is 9.21 Å². The number of nitrogens with one attached hydrogen (secondary N) is 2. The molecule has 2 heterocycles. The summed E-state index contributed by atoms with van der Waals surface area (Å²) in [6.45, 7) is 4.46. The van der Waals surface area contributed by atoms with E-state index < -0.39 is 0 Å². The zero-order chi connectivity index (χ0) is 14.1. The third-order valence-electron chi connectivity index (χ3n) is 3.59. The van der Waals surface area contributed by atoms with Gasteiger partial charge in [0.05, 0.1) is 23.9 Å². The van der Waals surface area contributed by atoms with Crippen molar-refractivity contribution in [3.05, 3.63) is 59.2 Å². The molecule has 0 atom stereocenters. The lowest BCUT2D eigenvalue weighted by molar-refractivity contribution is 0.0949. The summed E-state index contributed by atoms with van der Waals surface area (Å²) in [7, 11) is 0. The number of H-pyrrole nitrogens is 1. The van der Waals surface area contributed by atoms with Crippen LogP contribution in [0.4, 0.5) is 0 Å². The van der Waals surface area contributed by atoms with Gasteiger partial charge in [0.15, 0.2) is 0 Å². The van der Waals surface area contributed by atoms with Crippen molar-refractivity contribution in [2.24, 2.45) is 0 Å². The van der Waals surface area contributed by atoms with E-state index in [9.17, 15) is 4.79 Å². The molecule has 0 aliphatic rings. The highest BCUT2D eigenvalue weighted by atomic mass is 16.3. The molecular formula is C16H16N2O2. The topological polar surface area (TPSA) is 58.0 Å². The zero-order valence-corrected chi connectivity index (χ0v) is 11.5. The van der Waals surface area contributed by atoms with E-state index in [-0.39, 0.29) is 5.91 Å². The summed E-state index contributed by atoms with van der Waals surface area (Å²) in [4.78, 5) is 15.6. The van der Waals surface area contributed by atoms with E-state index in [2.05, 4.69) is 17.2 Å². The van der Waals surface area contributed by atoms with Gasteiger partial charge in [-0.15, -0.1) is 0 Å². The van der Waals surface area contributed by atoms with Crippen molar-refractivity contribution >= 4 is 16.8 Å². The number of hydrogen-bond donors (Lipinski definition) is 2. The van der Waals surface area contributed by atoms with Crippen LogP contribution in [-0.4, -0.2) is 10.9 Å². The first-order valence-corrected chi connectivity index (χ1v) is 6.55. The Morgan fingerprint density at radius 3 is 2.85 bits per heavy atom. The smallest absolute Gasteiger partial charge is 0.253 e. The molecule has 20 heavy (non-hydrogen) atoms. The number of carbonyl (C=O) groups excluding carboxylic acids is 1. The number of aromatic nitrogens is 1. The van der Waals surface area contributed by atoms with E-state index in [1.165, 1.54) is 5.56 Å². The molecule has 102 valence electrons. The van der Waals surface area contributed by atoms with Crippen LogP contribution >= 0.6 is 0 Å². The van der Waals surface area contributed by atoms with Gasteiger partial charge in [-0.2, -0.15) is 0 Å². The fraction of sp³-hybridized carbons (Fsp3) is 0.188. The Labute approximate surface area is 116 Å². The van der Waals surface area contributed by atoms with Crippen LogP contribution in [0.1, 0.15) is 27.4 Å². The SMILES string of the molecule is Cc1[nH]c2c(C(=O)NCc3ccco3)cccc2c1C. The van der Waals surface area contributed by atoms with Crippen molar-refractivity contribution in [1.29, 1.82) is 0 Å². The Morgan fingerprint density at radius 1 is 1.25 bits per heavy atom. The molecule has 2 aromatic heterocycles. The van der Waals surface area contributed by atoms with Crippen molar-refractivity contribution in [3.63, 3.8) is 0 Å². The number of carbonyl (C=O) groups is 1. The van der Waals surface area contributed by atoms with Crippen LogP contribution < -0.4 is 5.32 Å². The van der Waals surface area contributed by atoms with Crippen LogP contribution in [0.15, 0.2) is 41.0 Å². The Balaban J connectivity index is 1.89. The summed E-state index contributed by atoms with van der Waals surface area (Å²) in [5.74, 6) is 0.637. The molecular weight excluding hydrogens is 252 g/mol. The third kappa shape index (κ3) is 2.09. The van der Waals surface area contributed by atoms with Crippen LogP contribution in [0.5, 0.6) is 0 Å². The maximum Gasteiger partial charge on any atom is 0.253 e. The standard InChI is InChI=1S/C16H16N2O2/c1-10-11(2)18-15-13(10)6-3-7-14(15)16(19)17-9-12-5-4-8-20-12/h3-8,18H,9H2,1-2H3,(H,17,19). The highest BCUT2D eigenvalue weighted by Gasteiger charge is 2.13. The molecule has 0 fully saturated rings. The summed E-state index contributed by atoms with van der Waals surface area (Å²) in [5, 5.41) is 3.96. The summed E-state index contributed by atoms with van der Waals surface area (Å²) in [6.07, 6.45) is 1.60. The molecule has 1 aromatic carbocycles. The number of fused-ring (bicyclic) bond motifs is 1. The third-order valence-corrected chi connectivity index (χ3v) is 3.59. The zero-order valence-electron chi connectivity index (χ0n) is 11.5. The van der Waals surface area contributed by atoms with E-state index in [1.54, 1.807) is 12.3 Å². The summed E-state index contributed by atoms with van der Waals surface area (Å²) < 4.78 is 5.21. The first kappa shape index (κ1) is 12.5. The second-order valence-electron chi connectivity index (χ2n) is 4.87. The van der Waals surface area contributed by atoms with Gasteiger partial charge in [0, 0.05) is 11.1 Å². The van der Waals surface area contributed by atoms with Crippen molar-refractivity contribution in [3.8, 4) is 0 Å². The van der Waals surface area contributed by atoms with E-state index in [0.29, 0.717) is 12.1 Å². The Kier molecular flexibility index (Phi) is 3.06. The Bertz CT molecular complexity index is 754. The van der Waals surface area contributed by atoms with E-state index >= 15 is 0 Å². The minimum Gasteiger partial charge on any atom is -0.467 e. The van der Waals surface area contributed by atoms with E-state index in [1.807, 2.05) is 31.2 Å². The van der Waals surface area contributed by atoms with Crippen molar-refractivity contribution in [1.82, 2.24) is 10.3 Å². The van der Waals surface area contributed by atoms with Crippen LogP contribution in [0, 0.1) is 13.8 Å². The predicted octanol–water partition coefficient (Wildman–Crippen LogP) is 3.31. The molecule has 4 heteroatoms. The predicted molar refractivity (Wildman–Crippen MR) is 77.7 cm³/mol. The number of hydrogen-bond acceptors (Lipinski definition) is 2. The van der Waals surface area contributed by atoms with Gasteiger partial charge < -0.3 is 14.7 Å². The number of benzene rings is 1. The number of aryl methyl sites for hydroxylation is 2. The minimum absolute atomic E-state index is 0.103. The average molecular weight is 268 g/mol. The lowest BCUT2D eigenvalue weighted by Crippen LogP contribution is -2.22. The van der Waals surface area contributed by atoms with Gasteiger partial charge in [-0.25, -0.2) is 0 Å². The summed E-state index contributed by atoms with van der Waals surface area (Å²) in [6, 6.07) is 9.40. The molecule has 3 aromatic rings. The number of furan rings is 1. The molecule has 0 spiro atoms. The number of amides is 1. The number of rotatable bonds is 3. The second-order valence-corrected chi connectivity index (χ2v) is 4.87. The molecule has 3 rings (SSSR count). The lowest BCUT2D eigenvalue weighted by Gasteiger charge is -2.05. The largest absolute Gasteiger partial charge is 0.467 e. The molecule has 0 unspecified atom stereocenters. The molecule has 0 radical (unpaired) electrons. The van der Waals surface area contributed by atoms with Gasteiger partial charge in [0.25, 0.3) is 5.91 Å². The molecule has 0 bridgehead atoms. The molecule has 0 saturated heterocycles. The van der Waals surface area contributed by atoms with E-state index in [4.69, 9.17) is 4.42 Å².